The highest BCUT2D eigenvalue weighted by Gasteiger charge is 2.25. The Hall–Kier alpha value is -2.17. The van der Waals surface area contributed by atoms with Crippen molar-refractivity contribution in [3.63, 3.8) is 0 Å². The first kappa shape index (κ1) is 17.2. The molecule has 0 aromatic carbocycles. The predicted molar refractivity (Wildman–Crippen MR) is 83.6 cm³/mol. The molecule has 0 bridgehead atoms. The van der Waals surface area contributed by atoms with Crippen LogP contribution < -0.4 is 16.2 Å². The van der Waals surface area contributed by atoms with Crippen LogP contribution in [-0.2, 0) is 17.8 Å². The SMILES string of the molecule is Cl.O=C(O)CNC(=O)c1c(O)nc2sc3c(n2c1=O)CCNC3. The number of fused-ring (bicyclic) bond motifs is 3. The van der Waals surface area contributed by atoms with Gasteiger partial charge in [0.25, 0.3) is 11.5 Å². The van der Waals surface area contributed by atoms with E-state index < -0.39 is 35.4 Å². The number of hydrogen-bond donors (Lipinski definition) is 4. The van der Waals surface area contributed by atoms with E-state index in [0.29, 0.717) is 24.5 Å². The molecule has 4 N–H and O–H groups in total. The van der Waals surface area contributed by atoms with E-state index >= 15 is 0 Å². The van der Waals surface area contributed by atoms with Crippen LogP contribution in [0.2, 0.25) is 0 Å². The number of carbonyl (C=O) groups excluding carboxylic acids is 1. The number of carboxylic acids is 1. The van der Waals surface area contributed by atoms with E-state index in [-0.39, 0.29) is 12.4 Å². The van der Waals surface area contributed by atoms with E-state index in [1.165, 1.54) is 15.7 Å². The lowest BCUT2D eigenvalue weighted by atomic mass is 10.2. The number of aromatic hydroxyl groups is 1. The number of hydrogen-bond acceptors (Lipinski definition) is 7. The summed E-state index contributed by atoms with van der Waals surface area (Å²) in [6.07, 6.45) is 0.609. The summed E-state index contributed by atoms with van der Waals surface area (Å²) in [4.78, 5) is 40.1. The van der Waals surface area contributed by atoms with Crippen molar-refractivity contribution in [2.24, 2.45) is 0 Å². The highest BCUT2D eigenvalue weighted by atomic mass is 35.5. The number of thiazole rings is 1. The molecule has 0 unspecified atom stereocenters. The van der Waals surface area contributed by atoms with Crippen molar-refractivity contribution in [3.8, 4) is 5.88 Å². The summed E-state index contributed by atoms with van der Waals surface area (Å²) in [5, 5.41) is 23.6. The molecule has 0 saturated heterocycles. The molecule has 2 aromatic rings. The van der Waals surface area contributed by atoms with Crippen LogP contribution in [0.1, 0.15) is 20.9 Å². The maximum Gasteiger partial charge on any atom is 0.322 e. The number of carboxylic acid groups (broad SMARTS) is 1. The standard InChI is InChI=1S/C12H12N4O5S.ClH/c17-7(18)4-14-9(19)8-10(20)15-12-16(11(8)21)5-1-2-13-3-6(5)22-12;/h13,20H,1-4H2,(H,14,19)(H,17,18);1H. The number of amides is 1. The van der Waals surface area contributed by atoms with Crippen LogP contribution in [0.15, 0.2) is 4.79 Å². The molecule has 1 amide bonds. The van der Waals surface area contributed by atoms with Gasteiger partial charge in [0.15, 0.2) is 10.5 Å². The lowest BCUT2D eigenvalue weighted by Gasteiger charge is -2.12. The Kier molecular flexibility index (Phi) is 4.88. The smallest absolute Gasteiger partial charge is 0.322 e. The van der Waals surface area contributed by atoms with Crippen molar-refractivity contribution in [3.05, 3.63) is 26.5 Å². The van der Waals surface area contributed by atoms with Crippen molar-refractivity contribution >= 4 is 40.6 Å². The van der Waals surface area contributed by atoms with E-state index in [9.17, 15) is 19.5 Å². The molecule has 0 spiro atoms. The zero-order valence-electron chi connectivity index (χ0n) is 11.7. The van der Waals surface area contributed by atoms with Gasteiger partial charge in [0.2, 0.25) is 5.88 Å². The van der Waals surface area contributed by atoms with Crippen molar-refractivity contribution in [1.82, 2.24) is 20.0 Å². The van der Waals surface area contributed by atoms with Gasteiger partial charge in [-0.15, -0.1) is 12.4 Å². The van der Waals surface area contributed by atoms with Crippen LogP contribution in [0.5, 0.6) is 5.88 Å². The number of aliphatic carboxylic acids is 1. The highest BCUT2D eigenvalue weighted by Crippen LogP contribution is 2.25. The maximum atomic E-state index is 12.5. The van der Waals surface area contributed by atoms with Gasteiger partial charge in [0.05, 0.1) is 0 Å². The molecule has 0 atom stereocenters. The molecular weight excluding hydrogens is 348 g/mol. The summed E-state index contributed by atoms with van der Waals surface area (Å²) < 4.78 is 1.32. The Labute approximate surface area is 139 Å². The molecule has 124 valence electrons. The summed E-state index contributed by atoms with van der Waals surface area (Å²) in [5.41, 5.74) is -0.466. The van der Waals surface area contributed by atoms with E-state index in [0.717, 1.165) is 10.6 Å². The average Bonchev–Trinajstić information content (AvgIpc) is 2.83. The number of halogens is 1. The molecule has 1 aliphatic heterocycles. The van der Waals surface area contributed by atoms with E-state index in [1.54, 1.807) is 0 Å². The fourth-order valence-corrected chi connectivity index (χ4v) is 3.45. The highest BCUT2D eigenvalue weighted by molar-refractivity contribution is 7.17. The fourth-order valence-electron chi connectivity index (χ4n) is 2.33. The van der Waals surface area contributed by atoms with Gasteiger partial charge in [-0.25, -0.2) is 0 Å². The third-order valence-electron chi connectivity index (χ3n) is 3.29. The van der Waals surface area contributed by atoms with Gasteiger partial charge in [-0.2, -0.15) is 4.98 Å². The Morgan fingerprint density at radius 3 is 2.87 bits per heavy atom. The normalized spacial score (nSPS) is 13.2. The molecule has 0 aliphatic carbocycles. The van der Waals surface area contributed by atoms with Gasteiger partial charge < -0.3 is 20.8 Å². The summed E-state index contributed by atoms with van der Waals surface area (Å²) in [6, 6.07) is 0. The van der Waals surface area contributed by atoms with Crippen LogP contribution in [0.3, 0.4) is 0 Å². The van der Waals surface area contributed by atoms with Crippen LogP contribution in [-0.4, -0.2) is 44.6 Å². The lowest BCUT2D eigenvalue weighted by molar-refractivity contribution is -0.135. The maximum absolute atomic E-state index is 12.5. The van der Waals surface area contributed by atoms with Crippen molar-refractivity contribution in [2.75, 3.05) is 13.1 Å². The Morgan fingerprint density at radius 2 is 2.17 bits per heavy atom. The molecule has 0 fully saturated rings. The molecule has 0 radical (unpaired) electrons. The quantitative estimate of drug-likeness (QED) is 0.571. The van der Waals surface area contributed by atoms with Crippen LogP contribution >= 0.6 is 23.7 Å². The molecule has 9 nitrogen and oxygen atoms in total. The van der Waals surface area contributed by atoms with Gasteiger partial charge in [0.1, 0.15) is 6.54 Å². The molecule has 3 rings (SSSR count). The first-order valence-electron chi connectivity index (χ1n) is 6.46. The molecular formula is C12H13ClN4O5S. The number of aromatic nitrogens is 2. The van der Waals surface area contributed by atoms with Crippen LogP contribution in [0.25, 0.3) is 4.96 Å². The monoisotopic (exact) mass is 360 g/mol. The van der Waals surface area contributed by atoms with E-state index in [1.807, 2.05) is 0 Å². The van der Waals surface area contributed by atoms with Gasteiger partial charge in [-0.3, -0.25) is 18.8 Å². The molecule has 23 heavy (non-hydrogen) atoms. The zero-order valence-corrected chi connectivity index (χ0v) is 13.3. The third kappa shape index (κ3) is 3.00. The minimum Gasteiger partial charge on any atom is -0.492 e. The van der Waals surface area contributed by atoms with E-state index in [2.05, 4.69) is 15.6 Å². The van der Waals surface area contributed by atoms with Crippen molar-refractivity contribution < 1.29 is 19.8 Å². The largest absolute Gasteiger partial charge is 0.492 e. The molecule has 0 saturated carbocycles. The summed E-state index contributed by atoms with van der Waals surface area (Å²) in [5.74, 6) is -2.90. The van der Waals surface area contributed by atoms with Crippen LogP contribution in [0, 0.1) is 0 Å². The van der Waals surface area contributed by atoms with Crippen molar-refractivity contribution in [2.45, 2.75) is 13.0 Å². The number of carbonyl (C=O) groups is 2. The Balaban J connectivity index is 0.00000192. The number of rotatable bonds is 3. The zero-order chi connectivity index (χ0) is 15.9. The molecule has 11 heteroatoms. The Morgan fingerprint density at radius 1 is 1.43 bits per heavy atom. The molecule has 3 heterocycles. The predicted octanol–water partition coefficient (Wildman–Crippen LogP) is -0.657. The van der Waals surface area contributed by atoms with Gasteiger partial charge in [0, 0.05) is 30.1 Å². The second-order valence-corrected chi connectivity index (χ2v) is 5.77. The van der Waals surface area contributed by atoms with Gasteiger partial charge >= 0.3 is 5.97 Å². The summed E-state index contributed by atoms with van der Waals surface area (Å²) >= 11 is 1.27. The van der Waals surface area contributed by atoms with Crippen LogP contribution in [0.4, 0.5) is 0 Å². The topological polar surface area (TPSA) is 133 Å². The number of nitrogens with zero attached hydrogens (tertiary/aromatic N) is 2. The summed E-state index contributed by atoms with van der Waals surface area (Å²) in [7, 11) is 0. The lowest BCUT2D eigenvalue weighted by Crippen LogP contribution is -2.35. The summed E-state index contributed by atoms with van der Waals surface area (Å²) in [6.45, 7) is 0.656. The minimum atomic E-state index is -1.25. The van der Waals surface area contributed by atoms with Crippen molar-refractivity contribution in [1.29, 1.82) is 0 Å². The van der Waals surface area contributed by atoms with E-state index in [4.69, 9.17) is 5.11 Å². The average molecular weight is 361 g/mol. The minimum absolute atomic E-state index is 0. The molecule has 2 aromatic heterocycles. The molecule has 1 aliphatic rings. The van der Waals surface area contributed by atoms with Gasteiger partial charge in [-0.1, -0.05) is 11.3 Å². The third-order valence-corrected chi connectivity index (χ3v) is 4.37. The Bertz CT molecular complexity index is 846. The first-order valence-corrected chi connectivity index (χ1v) is 7.27. The number of nitrogens with one attached hydrogen (secondary N) is 2. The second-order valence-electron chi connectivity index (χ2n) is 4.71. The second kappa shape index (κ2) is 6.52. The fraction of sp³-hybridized carbons (Fsp3) is 0.333. The van der Waals surface area contributed by atoms with Gasteiger partial charge in [-0.05, 0) is 0 Å². The first-order chi connectivity index (χ1) is 10.5.